The Balaban J connectivity index is 2.01. The second-order valence-electron chi connectivity index (χ2n) is 4.05. The molecule has 1 fully saturated rings. The van der Waals surface area contributed by atoms with Gasteiger partial charge in [0.15, 0.2) is 0 Å². The topological polar surface area (TPSA) is 63.2 Å². The summed E-state index contributed by atoms with van der Waals surface area (Å²) in [6.45, 7) is 0.905. The average molecular weight is 235 g/mol. The van der Waals surface area contributed by atoms with Crippen LogP contribution in [0, 0.1) is 0 Å². The van der Waals surface area contributed by atoms with Crippen molar-refractivity contribution in [3.63, 3.8) is 0 Å². The van der Waals surface area contributed by atoms with Crippen molar-refractivity contribution in [1.82, 2.24) is 10.3 Å². The van der Waals surface area contributed by atoms with E-state index in [9.17, 15) is 4.79 Å². The smallest absolute Gasteiger partial charge is 0.241 e. The van der Waals surface area contributed by atoms with Crippen molar-refractivity contribution in [2.24, 2.45) is 0 Å². The number of anilines is 1. The van der Waals surface area contributed by atoms with Crippen molar-refractivity contribution in [3.8, 4) is 5.88 Å². The molecule has 0 aliphatic carbocycles. The van der Waals surface area contributed by atoms with E-state index in [1.807, 2.05) is 0 Å². The SMILES string of the molecule is COc1ncccc1NC(=O)[C@@H]1CCCCN1. The third-order valence-electron chi connectivity index (χ3n) is 2.85. The number of carbonyl (C=O) groups is 1. The first-order valence-electron chi connectivity index (χ1n) is 5.84. The number of carbonyl (C=O) groups excluding carboxylic acids is 1. The van der Waals surface area contributed by atoms with Crippen molar-refractivity contribution in [2.75, 3.05) is 19.0 Å². The molecule has 1 aromatic heterocycles. The van der Waals surface area contributed by atoms with E-state index < -0.39 is 0 Å². The molecule has 0 aromatic carbocycles. The molecule has 5 nitrogen and oxygen atoms in total. The molecule has 0 unspecified atom stereocenters. The highest BCUT2D eigenvalue weighted by Gasteiger charge is 2.21. The van der Waals surface area contributed by atoms with Crippen LogP contribution >= 0.6 is 0 Å². The summed E-state index contributed by atoms with van der Waals surface area (Å²) >= 11 is 0. The lowest BCUT2D eigenvalue weighted by molar-refractivity contribution is -0.118. The van der Waals surface area contributed by atoms with Gasteiger partial charge in [0, 0.05) is 6.20 Å². The third kappa shape index (κ3) is 2.94. The lowest BCUT2D eigenvalue weighted by atomic mass is 10.0. The predicted octanol–water partition coefficient (Wildman–Crippen LogP) is 1.17. The third-order valence-corrected chi connectivity index (χ3v) is 2.85. The minimum atomic E-state index is -0.103. The molecule has 0 spiro atoms. The summed E-state index contributed by atoms with van der Waals surface area (Å²) in [4.78, 5) is 16.0. The van der Waals surface area contributed by atoms with Gasteiger partial charge in [-0.3, -0.25) is 4.79 Å². The summed E-state index contributed by atoms with van der Waals surface area (Å²) in [6.07, 6.45) is 4.75. The van der Waals surface area contributed by atoms with Crippen LogP contribution in [0.1, 0.15) is 19.3 Å². The van der Waals surface area contributed by atoms with E-state index in [-0.39, 0.29) is 11.9 Å². The van der Waals surface area contributed by atoms with Crippen LogP contribution in [0.3, 0.4) is 0 Å². The Morgan fingerprint density at radius 2 is 2.47 bits per heavy atom. The van der Waals surface area contributed by atoms with Gasteiger partial charge in [0.25, 0.3) is 0 Å². The fourth-order valence-corrected chi connectivity index (χ4v) is 1.94. The van der Waals surface area contributed by atoms with E-state index in [1.54, 1.807) is 18.3 Å². The molecular formula is C12H17N3O2. The number of piperidine rings is 1. The maximum atomic E-state index is 12.0. The van der Waals surface area contributed by atoms with Gasteiger partial charge in [0.05, 0.1) is 13.2 Å². The first-order valence-corrected chi connectivity index (χ1v) is 5.84. The molecular weight excluding hydrogens is 218 g/mol. The molecule has 2 heterocycles. The predicted molar refractivity (Wildman–Crippen MR) is 65.1 cm³/mol. The summed E-state index contributed by atoms with van der Waals surface area (Å²) in [6, 6.07) is 3.45. The maximum absolute atomic E-state index is 12.0. The van der Waals surface area contributed by atoms with Crippen LogP contribution < -0.4 is 15.4 Å². The van der Waals surface area contributed by atoms with Crippen LogP contribution in [0.15, 0.2) is 18.3 Å². The summed E-state index contributed by atoms with van der Waals surface area (Å²) in [5, 5.41) is 6.05. The highest BCUT2D eigenvalue weighted by molar-refractivity contribution is 5.95. The first kappa shape index (κ1) is 11.9. The molecule has 1 saturated heterocycles. The standard InChI is InChI=1S/C12H17N3O2/c1-17-12-10(6-4-8-14-12)15-11(16)9-5-2-3-7-13-9/h4,6,8-9,13H,2-3,5,7H2,1H3,(H,15,16)/t9-/m0/s1. The summed E-state index contributed by atoms with van der Waals surface area (Å²) in [5.41, 5.74) is 0.618. The van der Waals surface area contributed by atoms with Gasteiger partial charge in [0.1, 0.15) is 5.69 Å². The highest BCUT2D eigenvalue weighted by Crippen LogP contribution is 2.20. The largest absolute Gasteiger partial charge is 0.480 e. The number of pyridine rings is 1. The molecule has 1 atom stereocenters. The minimum Gasteiger partial charge on any atom is -0.480 e. The van der Waals surface area contributed by atoms with Crippen LogP contribution in [0.4, 0.5) is 5.69 Å². The Morgan fingerprint density at radius 3 is 3.18 bits per heavy atom. The van der Waals surface area contributed by atoms with E-state index in [0.29, 0.717) is 11.6 Å². The highest BCUT2D eigenvalue weighted by atomic mass is 16.5. The fourth-order valence-electron chi connectivity index (χ4n) is 1.94. The van der Waals surface area contributed by atoms with Crippen LogP contribution in [0.25, 0.3) is 0 Å². The van der Waals surface area contributed by atoms with Crippen LogP contribution in [0.2, 0.25) is 0 Å². The lowest BCUT2D eigenvalue weighted by Gasteiger charge is -2.22. The van der Waals surface area contributed by atoms with Crippen molar-refractivity contribution >= 4 is 11.6 Å². The van der Waals surface area contributed by atoms with E-state index in [1.165, 1.54) is 7.11 Å². The number of hydrogen-bond acceptors (Lipinski definition) is 4. The Hall–Kier alpha value is -1.62. The van der Waals surface area contributed by atoms with Crippen molar-refractivity contribution in [2.45, 2.75) is 25.3 Å². The Labute approximate surface area is 101 Å². The summed E-state index contributed by atoms with van der Waals surface area (Å²) in [7, 11) is 1.54. The minimum absolute atomic E-state index is 0.0176. The molecule has 1 aliphatic heterocycles. The average Bonchev–Trinajstić information content (AvgIpc) is 2.40. The van der Waals surface area contributed by atoms with Crippen molar-refractivity contribution < 1.29 is 9.53 Å². The van der Waals surface area contributed by atoms with Gasteiger partial charge in [-0.25, -0.2) is 4.98 Å². The lowest BCUT2D eigenvalue weighted by Crippen LogP contribution is -2.43. The van der Waals surface area contributed by atoms with Crippen LogP contribution in [-0.4, -0.2) is 30.6 Å². The molecule has 1 aromatic rings. The van der Waals surface area contributed by atoms with E-state index in [2.05, 4.69) is 15.6 Å². The number of hydrogen-bond donors (Lipinski definition) is 2. The Morgan fingerprint density at radius 1 is 1.59 bits per heavy atom. The molecule has 0 radical (unpaired) electrons. The van der Waals surface area contributed by atoms with E-state index in [4.69, 9.17) is 4.74 Å². The van der Waals surface area contributed by atoms with Crippen molar-refractivity contribution in [3.05, 3.63) is 18.3 Å². The zero-order valence-corrected chi connectivity index (χ0v) is 9.90. The number of aromatic nitrogens is 1. The molecule has 0 saturated carbocycles. The first-order chi connectivity index (χ1) is 8.31. The number of amides is 1. The fraction of sp³-hybridized carbons (Fsp3) is 0.500. The molecule has 92 valence electrons. The van der Waals surface area contributed by atoms with Crippen LogP contribution in [-0.2, 0) is 4.79 Å². The van der Waals surface area contributed by atoms with Crippen molar-refractivity contribution in [1.29, 1.82) is 0 Å². The van der Waals surface area contributed by atoms with Gasteiger partial charge in [-0.05, 0) is 31.5 Å². The Bertz CT molecular complexity index is 389. The van der Waals surface area contributed by atoms with E-state index >= 15 is 0 Å². The maximum Gasteiger partial charge on any atom is 0.241 e. The molecule has 2 rings (SSSR count). The quantitative estimate of drug-likeness (QED) is 0.825. The van der Waals surface area contributed by atoms with Gasteiger partial charge < -0.3 is 15.4 Å². The van der Waals surface area contributed by atoms with Gasteiger partial charge in [-0.1, -0.05) is 6.42 Å². The monoisotopic (exact) mass is 235 g/mol. The van der Waals surface area contributed by atoms with Crippen LogP contribution in [0.5, 0.6) is 5.88 Å². The molecule has 17 heavy (non-hydrogen) atoms. The number of nitrogens with zero attached hydrogens (tertiary/aromatic N) is 1. The number of ether oxygens (including phenoxy) is 1. The van der Waals surface area contributed by atoms with Gasteiger partial charge in [-0.2, -0.15) is 0 Å². The van der Waals surface area contributed by atoms with Gasteiger partial charge in [-0.15, -0.1) is 0 Å². The molecule has 1 aliphatic rings. The number of methoxy groups -OCH3 is 1. The zero-order chi connectivity index (χ0) is 12.1. The molecule has 2 N–H and O–H groups in total. The number of nitrogens with one attached hydrogen (secondary N) is 2. The molecule has 0 bridgehead atoms. The normalized spacial score (nSPS) is 19.7. The summed E-state index contributed by atoms with van der Waals surface area (Å²) in [5.74, 6) is 0.424. The van der Waals surface area contributed by atoms with Gasteiger partial charge in [0.2, 0.25) is 11.8 Å². The summed E-state index contributed by atoms with van der Waals surface area (Å²) < 4.78 is 5.09. The number of rotatable bonds is 3. The second-order valence-corrected chi connectivity index (χ2v) is 4.05. The molecule has 1 amide bonds. The van der Waals surface area contributed by atoms with E-state index in [0.717, 1.165) is 25.8 Å². The second kappa shape index (κ2) is 5.63. The molecule has 5 heteroatoms. The Kier molecular flexibility index (Phi) is 3.93. The zero-order valence-electron chi connectivity index (χ0n) is 9.90. The van der Waals surface area contributed by atoms with Gasteiger partial charge >= 0.3 is 0 Å².